The van der Waals surface area contributed by atoms with Crippen molar-refractivity contribution in [2.45, 2.75) is 0 Å². The molecule has 0 heterocycles. The van der Waals surface area contributed by atoms with Gasteiger partial charge in [-0.25, -0.2) is 0 Å². The predicted molar refractivity (Wildman–Crippen MR) is 65.4 cm³/mol. The molecular weight excluding hydrogens is 184 g/mol. The van der Waals surface area contributed by atoms with Crippen LogP contribution in [0.4, 0.5) is 0 Å². The molecule has 0 unspecified atom stereocenters. The van der Waals surface area contributed by atoms with E-state index in [-0.39, 0.29) is 12.1 Å². The van der Waals surface area contributed by atoms with Crippen LogP contribution in [0.25, 0.3) is 12.1 Å². The largest absolute Gasteiger partial charge is 0.412 e. The lowest BCUT2D eigenvalue weighted by Gasteiger charge is -1.92. The van der Waals surface area contributed by atoms with Gasteiger partial charge in [-0.05, 0) is 11.1 Å². The zero-order chi connectivity index (χ0) is 14.1. The number of hydrogen-bond acceptors (Lipinski definition) is 0. The van der Waals surface area contributed by atoms with Crippen LogP contribution in [-0.4, -0.2) is 8.34 Å². The highest BCUT2D eigenvalue weighted by Gasteiger charge is 1.84. The Morgan fingerprint density at radius 3 is 1.47 bits per heavy atom. The van der Waals surface area contributed by atoms with Crippen LogP contribution in [0.2, 0.25) is 0 Å². The highest BCUT2D eigenvalue weighted by atomic mass is 16.0. The molecule has 2 N–H and O–H groups in total. The lowest BCUT2D eigenvalue weighted by Crippen LogP contribution is -1.70. The van der Waals surface area contributed by atoms with Crippen LogP contribution >= 0.6 is 0 Å². The van der Waals surface area contributed by atoms with Gasteiger partial charge >= 0.3 is 0 Å². The zero-order valence-corrected chi connectivity index (χ0v) is 8.18. The van der Waals surface area contributed by atoms with Crippen LogP contribution in [0.3, 0.4) is 0 Å². The van der Waals surface area contributed by atoms with E-state index < -0.39 is 0 Å². The molecule has 0 radical (unpaired) electrons. The Kier molecular flexibility index (Phi) is 2.54. The van der Waals surface area contributed by atoms with E-state index in [0.717, 1.165) is 11.1 Å². The van der Waals surface area contributed by atoms with Crippen molar-refractivity contribution in [1.82, 2.24) is 0 Å². The predicted octanol–water partition coefficient (Wildman–Crippen LogP) is 3.03. The van der Waals surface area contributed by atoms with Crippen LogP contribution in [-0.2, 0) is 0 Å². The summed E-state index contributed by atoms with van der Waals surface area (Å²) in [6, 6.07) is 19.2. The highest BCUT2D eigenvalue weighted by molar-refractivity contribution is 5.69. The topological polar surface area (TPSA) is 31.5 Å². The minimum absolute atomic E-state index is 0.256. The molecule has 0 aliphatic rings. The van der Waals surface area contributed by atoms with E-state index in [2.05, 4.69) is 5.48 Å². The van der Waals surface area contributed by atoms with E-state index in [0.29, 0.717) is 0 Å². The maximum atomic E-state index is 7.95. The molecule has 1 nitrogen and oxygen atoms in total. The van der Waals surface area contributed by atoms with Gasteiger partial charge in [-0.2, -0.15) is 0 Å². The van der Waals surface area contributed by atoms with E-state index >= 15 is 0 Å². The van der Waals surface area contributed by atoms with Crippen LogP contribution in [0.15, 0.2) is 60.7 Å². The van der Waals surface area contributed by atoms with Crippen LogP contribution in [0.1, 0.15) is 13.9 Å². The second-order valence-corrected chi connectivity index (χ2v) is 2.98. The third kappa shape index (κ3) is 3.41. The van der Waals surface area contributed by atoms with Gasteiger partial charge in [-0.15, -0.1) is 0 Å². The molecule has 0 atom stereocenters. The van der Waals surface area contributed by atoms with E-state index in [9.17, 15) is 0 Å². The molecule has 2 rings (SSSR count). The average Bonchev–Trinajstić information content (AvgIpc) is 2.48. The summed E-state index contributed by atoms with van der Waals surface area (Å²) in [5, 5.41) is 0. The van der Waals surface area contributed by atoms with Gasteiger partial charge in [-0.1, -0.05) is 72.8 Å². The minimum atomic E-state index is 0.256. The number of hydrogen-bond donors (Lipinski definition) is 0. The molecule has 0 aliphatic heterocycles. The van der Waals surface area contributed by atoms with Crippen LogP contribution in [0.5, 0.6) is 0 Å². The summed E-state index contributed by atoms with van der Waals surface area (Å²) in [5.41, 5.74) is 4.30. The smallest absolute Gasteiger partial charge is 0.206 e. The van der Waals surface area contributed by atoms with Crippen molar-refractivity contribution in [3.05, 3.63) is 71.8 Å². The Morgan fingerprint density at radius 1 is 0.800 bits per heavy atom. The van der Waals surface area contributed by atoms with Gasteiger partial charge < -0.3 is 5.48 Å². The first-order valence-corrected chi connectivity index (χ1v) is 4.57. The quantitative estimate of drug-likeness (QED) is 0.670. The monoisotopic (exact) mass is 202 g/mol. The third-order valence-corrected chi connectivity index (χ3v) is 1.90. The van der Waals surface area contributed by atoms with Crippen molar-refractivity contribution in [2.24, 2.45) is 0 Å². The third-order valence-electron chi connectivity index (χ3n) is 1.90. The first-order chi connectivity index (χ1) is 9.20. The molecule has 2 aromatic carbocycles. The Labute approximate surface area is 95.8 Å². The molecule has 0 amide bonds. The normalized spacial score (nSPS) is 14.4. The van der Waals surface area contributed by atoms with E-state index in [4.69, 9.17) is 5.60 Å². The summed E-state index contributed by atoms with van der Waals surface area (Å²) in [4.78, 5) is 0. The van der Waals surface area contributed by atoms with Gasteiger partial charge in [-0.3, -0.25) is 0 Å². The Hall–Kier alpha value is -1.86. The van der Waals surface area contributed by atoms with Crippen molar-refractivity contribution >= 4 is 12.1 Å². The lowest BCUT2D eigenvalue weighted by molar-refractivity contribution is 0.824. The first-order valence-electron chi connectivity index (χ1n) is 6.39. The maximum Gasteiger partial charge on any atom is 0.206 e. The summed E-state index contributed by atoms with van der Waals surface area (Å²) in [6.07, 6.45) is 0. The Morgan fingerprint density at radius 2 is 1.13 bits per heavy atom. The lowest BCUT2D eigenvalue weighted by atomic mass is 10.1. The molecule has 1 heteroatoms. The number of benzene rings is 2. The molecule has 2 aromatic rings. The van der Waals surface area contributed by atoms with Gasteiger partial charge in [0.25, 0.3) is 0 Å². The van der Waals surface area contributed by atoms with Crippen molar-refractivity contribution in [2.75, 3.05) is 0 Å². The molecule has 0 aromatic heterocycles. The molecule has 0 saturated carbocycles. The molecule has 0 bridgehead atoms. The standard InChI is InChI=1S/C14H12.H2O/c1-3-7-13(8-4-1)11-12-14-9-5-2-6-10-14;/h1-12H;1H2/b12-11-;/i11D,12D;/hD2. The van der Waals surface area contributed by atoms with Gasteiger partial charge in [0.2, 0.25) is 2.86 Å². The highest BCUT2D eigenvalue weighted by Crippen LogP contribution is 2.06. The summed E-state index contributed by atoms with van der Waals surface area (Å²) in [5.74, 6) is 0. The number of rotatable bonds is 2. The fraction of sp³-hybridized carbons (Fsp3) is 0. The van der Waals surface area contributed by atoms with Gasteiger partial charge in [0.1, 0.15) is 0 Å². The van der Waals surface area contributed by atoms with E-state index in [1.54, 1.807) is 0 Å². The fourth-order valence-electron chi connectivity index (χ4n) is 1.19. The maximum absolute atomic E-state index is 7.95. The molecule has 0 spiro atoms. The van der Waals surface area contributed by atoms with Crippen LogP contribution in [0, 0.1) is 0 Å². The second-order valence-electron chi connectivity index (χ2n) is 2.98. The van der Waals surface area contributed by atoms with Crippen molar-refractivity contribution in [3.8, 4) is 0 Å². The minimum Gasteiger partial charge on any atom is -0.412 e. The summed E-state index contributed by atoms with van der Waals surface area (Å²) in [7, 11) is 0. The van der Waals surface area contributed by atoms with E-state index in [1.807, 2.05) is 60.7 Å². The molecule has 0 fully saturated rings. The summed E-state index contributed by atoms with van der Waals surface area (Å²) < 4.78 is 26.6. The van der Waals surface area contributed by atoms with Crippen molar-refractivity contribution in [3.63, 3.8) is 0 Å². The van der Waals surface area contributed by atoms with Crippen molar-refractivity contribution in [1.29, 1.82) is 2.86 Å². The second kappa shape index (κ2) is 5.78. The summed E-state index contributed by atoms with van der Waals surface area (Å²) in [6.45, 7) is 0. The van der Waals surface area contributed by atoms with Gasteiger partial charge in [0, 0.05) is 0 Å². The summed E-state index contributed by atoms with van der Waals surface area (Å²) >= 11 is 0. The molecule has 0 saturated heterocycles. The zero-order valence-electron chi connectivity index (χ0n) is 12.2. The Balaban J connectivity index is 0.000000550. The van der Waals surface area contributed by atoms with Gasteiger partial charge in [0.15, 0.2) is 0 Å². The fourth-order valence-corrected chi connectivity index (χ4v) is 1.19. The van der Waals surface area contributed by atoms with Crippen LogP contribution < -0.4 is 0 Å². The average molecular weight is 202 g/mol. The SMILES string of the molecule is [2H]/C(=C(\[2H])c1ccccc1)c1ccccc1.[2H]O[2H]. The van der Waals surface area contributed by atoms with E-state index in [1.165, 1.54) is 0 Å². The van der Waals surface area contributed by atoms with Crippen molar-refractivity contribution < 1.29 is 8.22 Å². The molecule has 0 aliphatic carbocycles. The molecule has 76 valence electrons. The molecule has 15 heavy (non-hydrogen) atoms. The first kappa shape index (κ1) is 6.59. The Bertz CT molecular complexity index is 464. The molecular formula is C14H14O. The van der Waals surface area contributed by atoms with Gasteiger partial charge in [0.05, 0.1) is 2.74 Å².